The Labute approximate surface area is 135 Å². The van der Waals surface area contributed by atoms with Crippen molar-refractivity contribution >= 4 is 11.3 Å². The lowest BCUT2D eigenvalue weighted by Crippen LogP contribution is -2.31. The normalized spacial score (nSPS) is 14.9. The lowest BCUT2D eigenvalue weighted by Gasteiger charge is -2.31. The Morgan fingerprint density at radius 3 is 2.45 bits per heavy atom. The maximum Gasteiger partial charge on any atom is 0.120 e. The van der Waals surface area contributed by atoms with E-state index in [2.05, 4.69) is 51.2 Å². The molecule has 1 aromatic carbocycles. The maximum atomic E-state index is 5.52. The molecule has 0 spiro atoms. The first kappa shape index (κ1) is 18.6. The highest BCUT2D eigenvalue weighted by molar-refractivity contribution is 5.80. The number of hydrogen-bond acceptors (Lipinski definition) is 3. The van der Waals surface area contributed by atoms with Gasteiger partial charge in [0.15, 0.2) is 0 Å². The average molecular weight is 304 g/mol. The number of unbranched alkanes of at least 4 members (excludes halogenated alkanes) is 2. The van der Waals surface area contributed by atoms with E-state index in [0.29, 0.717) is 6.61 Å². The predicted octanol–water partition coefficient (Wildman–Crippen LogP) is 4.83. The van der Waals surface area contributed by atoms with E-state index < -0.39 is 0 Å². The Morgan fingerprint density at radius 1 is 1.18 bits per heavy atom. The monoisotopic (exact) mass is 304 g/mol. The van der Waals surface area contributed by atoms with E-state index in [0.717, 1.165) is 12.3 Å². The fourth-order valence-electron chi connectivity index (χ4n) is 2.61. The summed E-state index contributed by atoms with van der Waals surface area (Å²) in [5.41, 5.74) is 8.98. The zero-order chi connectivity index (χ0) is 16.6. The zero-order valence-electron chi connectivity index (χ0n) is 14.8. The van der Waals surface area contributed by atoms with Crippen LogP contribution in [0, 0.1) is 0 Å². The van der Waals surface area contributed by atoms with Gasteiger partial charge in [-0.05, 0) is 64.4 Å². The van der Waals surface area contributed by atoms with E-state index in [1.807, 2.05) is 13.0 Å². The number of nitrogens with one attached hydrogen (secondary N) is 1. The fraction of sp³-hybridized carbons (Fsp3) is 0.579. The summed E-state index contributed by atoms with van der Waals surface area (Å²) >= 11 is 0. The molecule has 0 bridgehead atoms. The second kappa shape index (κ2) is 8.84. The molecule has 0 saturated heterocycles. The molecular weight excluding hydrogens is 272 g/mol. The Bertz CT molecular complexity index is 488. The van der Waals surface area contributed by atoms with Crippen LogP contribution in [0.3, 0.4) is 0 Å². The van der Waals surface area contributed by atoms with Gasteiger partial charge in [-0.15, -0.1) is 0 Å². The van der Waals surface area contributed by atoms with Crippen LogP contribution in [-0.2, 0) is 0 Å². The van der Waals surface area contributed by atoms with E-state index in [-0.39, 0.29) is 5.54 Å². The number of nitrogens with two attached hydrogens (primary N) is 1. The molecule has 1 aliphatic heterocycles. The SMILES string of the molecule is CCCCCN.CCOc1ccc2c(c1)C(C)=CC(C)(C)N2. The second-order valence-corrected chi connectivity index (χ2v) is 6.31. The third-order valence-electron chi connectivity index (χ3n) is 3.57. The van der Waals surface area contributed by atoms with Crippen LogP contribution >= 0.6 is 0 Å². The summed E-state index contributed by atoms with van der Waals surface area (Å²) in [6.45, 7) is 12.2. The van der Waals surface area contributed by atoms with Gasteiger partial charge in [0.1, 0.15) is 5.75 Å². The van der Waals surface area contributed by atoms with Crippen LogP contribution in [0.4, 0.5) is 5.69 Å². The van der Waals surface area contributed by atoms with Crippen molar-refractivity contribution in [3.63, 3.8) is 0 Å². The molecule has 1 heterocycles. The molecule has 124 valence electrons. The van der Waals surface area contributed by atoms with Gasteiger partial charge in [-0.1, -0.05) is 25.8 Å². The number of fused-ring (bicyclic) bond motifs is 1. The molecule has 0 aromatic heterocycles. The zero-order valence-corrected chi connectivity index (χ0v) is 14.8. The summed E-state index contributed by atoms with van der Waals surface area (Å²) < 4.78 is 5.52. The van der Waals surface area contributed by atoms with Crippen LogP contribution in [0.5, 0.6) is 5.75 Å². The second-order valence-electron chi connectivity index (χ2n) is 6.31. The smallest absolute Gasteiger partial charge is 0.120 e. The van der Waals surface area contributed by atoms with Gasteiger partial charge < -0.3 is 15.8 Å². The Balaban J connectivity index is 0.000000346. The number of allylic oxidation sites excluding steroid dienone is 1. The van der Waals surface area contributed by atoms with Crippen LogP contribution in [0.2, 0.25) is 0 Å². The third-order valence-corrected chi connectivity index (χ3v) is 3.57. The van der Waals surface area contributed by atoms with Crippen LogP contribution in [0.25, 0.3) is 5.57 Å². The first-order valence-corrected chi connectivity index (χ1v) is 8.38. The Hall–Kier alpha value is -1.48. The van der Waals surface area contributed by atoms with Gasteiger partial charge in [0.2, 0.25) is 0 Å². The molecule has 3 nitrogen and oxygen atoms in total. The van der Waals surface area contributed by atoms with Crippen LogP contribution < -0.4 is 15.8 Å². The largest absolute Gasteiger partial charge is 0.494 e. The molecule has 0 amide bonds. The van der Waals surface area contributed by atoms with Crippen molar-refractivity contribution in [3.05, 3.63) is 29.8 Å². The third kappa shape index (κ3) is 5.72. The Morgan fingerprint density at radius 2 is 1.91 bits per heavy atom. The number of anilines is 1. The molecule has 0 unspecified atom stereocenters. The fourth-order valence-corrected chi connectivity index (χ4v) is 2.61. The molecule has 3 N–H and O–H groups in total. The molecule has 22 heavy (non-hydrogen) atoms. The van der Waals surface area contributed by atoms with Gasteiger partial charge >= 0.3 is 0 Å². The summed E-state index contributed by atoms with van der Waals surface area (Å²) in [7, 11) is 0. The predicted molar refractivity (Wildman–Crippen MR) is 97.5 cm³/mol. The molecule has 0 atom stereocenters. The molecule has 1 aromatic rings. The highest BCUT2D eigenvalue weighted by Crippen LogP contribution is 2.35. The van der Waals surface area contributed by atoms with Crippen LogP contribution in [-0.4, -0.2) is 18.7 Å². The Kier molecular flexibility index (Phi) is 7.46. The van der Waals surface area contributed by atoms with Crippen molar-refractivity contribution in [1.29, 1.82) is 0 Å². The summed E-state index contributed by atoms with van der Waals surface area (Å²) in [6.07, 6.45) is 6.01. The van der Waals surface area contributed by atoms with Crippen molar-refractivity contribution < 1.29 is 4.74 Å². The maximum absolute atomic E-state index is 5.52. The van der Waals surface area contributed by atoms with Gasteiger partial charge in [-0.3, -0.25) is 0 Å². The van der Waals surface area contributed by atoms with Crippen LogP contribution in [0.15, 0.2) is 24.3 Å². The molecule has 0 aliphatic carbocycles. The average Bonchev–Trinajstić information content (AvgIpc) is 2.46. The molecule has 0 saturated carbocycles. The minimum absolute atomic E-state index is 0.0320. The van der Waals surface area contributed by atoms with Crippen molar-refractivity contribution in [1.82, 2.24) is 0 Å². The van der Waals surface area contributed by atoms with Gasteiger partial charge in [0, 0.05) is 11.3 Å². The van der Waals surface area contributed by atoms with Gasteiger partial charge in [0.05, 0.1) is 12.1 Å². The van der Waals surface area contributed by atoms with E-state index in [1.54, 1.807) is 0 Å². The van der Waals surface area contributed by atoms with Crippen molar-refractivity contribution in [2.45, 2.75) is 59.4 Å². The van der Waals surface area contributed by atoms with E-state index in [9.17, 15) is 0 Å². The van der Waals surface area contributed by atoms with Crippen LogP contribution in [0.1, 0.15) is 59.4 Å². The number of rotatable bonds is 5. The van der Waals surface area contributed by atoms with Gasteiger partial charge in [-0.25, -0.2) is 0 Å². The number of benzene rings is 1. The number of hydrogen-bond donors (Lipinski definition) is 2. The summed E-state index contributed by atoms with van der Waals surface area (Å²) in [5, 5.41) is 3.50. The molecule has 3 heteroatoms. The first-order chi connectivity index (χ1) is 10.4. The van der Waals surface area contributed by atoms with E-state index in [4.69, 9.17) is 10.5 Å². The topological polar surface area (TPSA) is 47.3 Å². The van der Waals surface area contributed by atoms with Crippen molar-refractivity contribution in [2.75, 3.05) is 18.5 Å². The molecule has 0 fully saturated rings. The van der Waals surface area contributed by atoms with Crippen molar-refractivity contribution in [3.8, 4) is 5.75 Å². The quantitative estimate of drug-likeness (QED) is 0.766. The minimum Gasteiger partial charge on any atom is -0.494 e. The summed E-state index contributed by atoms with van der Waals surface area (Å²) in [6, 6.07) is 6.22. The lowest BCUT2D eigenvalue weighted by atomic mass is 9.91. The summed E-state index contributed by atoms with van der Waals surface area (Å²) in [4.78, 5) is 0. The minimum atomic E-state index is 0.0320. The van der Waals surface area contributed by atoms with E-state index in [1.165, 1.54) is 36.1 Å². The molecule has 0 radical (unpaired) electrons. The molecular formula is C19H32N2O. The molecule has 1 aliphatic rings. The molecule has 2 rings (SSSR count). The van der Waals surface area contributed by atoms with Gasteiger partial charge in [0.25, 0.3) is 0 Å². The highest BCUT2D eigenvalue weighted by Gasteiger charge is 2.22. The number of ether oxygens (including phenoxy) is 1. The van der Waals surface area contributed by atoms with Gasteiger partial charge in [-0.2, -0.15) is 0 Å². The highest BCUT2D eigenvalue weighted by atomic mass is 16.5. The van der Waals surface area contributed by atoms with E-state index >= 15 is 0 Å². The first-order valence-electron chi connectivity index (χ1n) is 8.38. The standard InChI is InChI=1S/C14H19NO.C5H13N/c1-5-16-11-6-7-13-12(8-11)10(2)9-14(3,4)15-13;1-2-3-4-5-6/h6-9,15H,5H2,1-4H3;2-6H2,1H3. The van der Waals surface area contributed by atoms with Crippen molar-refractivity contribution in [2.24, 2.45) is 5.73 Å². The lowest BCUT2D eigenvalue weighted by molar-refractivity contribution is 0.340. The summed E-state index contributed by atoms with van der Waals surface area (Å²) in [5.74, 6) is 0.940.